The summed E-state index contributed by atoms with van der Waals surface area (Å²) < 4.78 is 5.23. The number of aromatic nitrogens is 1. The largest absolute Gasteiger partial charge is 0.383 e. The Kier molecular flexibility index (Phi) is 7.17. The van der Waals surface area contributed by atoms with Crippen LogP contribution in [-0.4, -0.2) is 31.3 Å². The molecule has 1 rings (SSSR count). The summed E-state index contributed by atoms with van der Waals surface area (Å²) in [6, 6.07) is 2.63. The van der Waals surface area contributed by atoms with Crippen LogP contribution in [0.25, 0.3) is 0 Å². The normalized spacial score (nSPS) is 11.1. The SMILES string of the molecule is CCC(CC)N(CCOC)c1ncc(CCl)cc1C. The van der Waals surface area contributed by atoms with Crippen molar-refractivity contribution in [1.29, 1.82) is 0 Å². The van der Waals surface area contributed by atoms with Crippen molar-refractivity contribution < 1.29 is 4.74 Å². The van der Waals surface area contributed by atoms with E-state index in [1.165, 1.54) is 5.56 Å². The maximum Gasteiger partial charge on any atom is 0.131 e. The molecule has 0 aromatic carbocycles. The fourth-order valence-electron chi connectivity index (χ4n) is 2.38. The third-order valence-corrected chi connectivity index (χ3v) is 3.76. The number of pyridine rings is 1. The second-order valence-electron chi connectivity index (χ2n) is 4.77. The first-order valence-electron chi connectivity index (χ1n) is 6.94. The minimum Gasteiger partial charge on any atom is -0.383 e. The molecule has 0 aliphatic rings. The van der Waals surface area contributed by atoms with E-state index >= 15 is 0 Å². The standard InChI is InChI=1S/C15H25ClN2O/c1-5-14(6-2)18(7-8-19-4)15-12(3)9-13(10-16)11-17-15/h9,11,14H,5-8,10H2,1-4H3. The van der Waals surface area contributed by atoms with Crippen LogP contribution in [0.4, 0.5) is 5.82 Å². The molecule has 1 heterocycles. The third kappa shape index (κ3) is 4.36. The van der Waals surface area contributed by atoms with E-state index < -0.39 is 0 Å². The van der Waals surface area contributed by atoms with Crippen LogP contribution in [0, 0.1) is 6.92 Å². The van der Waals surface area contributed by atoms with Crippen molar-refractivity contribution in [2.45, 2.75) is 45.5 Å². The lowest BCUT2D eigenvalue weighted by Crippen LogP contribution is -2.38. The first-order valence-corrected chi connectivity index (χ1v) is 7.48. The summed E-state index contributed by atoms with van der Waals surface area (Å²) in [6.07, 6.45) is 4.09. The van der Waals surface area contributed by atoms with E-state index in [1.807, 2.05) is 6.20 Å². The fraction of sp³-hybridized carbons (Fsp3) is 0.667. The van der Waals surface area contributed by atoms with E-state index in [1.54, 1.807) is 7.11 Å². The molecule has 0 spiro atoms. The Balaban J connectivity index is 3.01. The van der Waals surface area contributed by atoms with E-state index in [0.29, 0.717) is 11.9 Å². The van der Waals surface area contributed by atoms with Crippen LogP contribution in [0.15, 0.2) is 12.3 Å². The number of aryl methyl sites for hydroxylation is 1. The first kappa shape index (κ1) is 16.3. The number of nitrogens with zero attached hydrogens (tertiary/aromatic N) is 2. The zero-order valence-electron chi connectivity index (χ0n) is 12.4. The Morgan fingerprint density at radius 2 is 2.05 bits per heavy atom. The van der Waals surface area contributed by atoms with Crippen LogP contribution < -0.4 is 4.90 Å². The molecule has 0 saturated carbocycles. The van der Waals surface area contributed by atoms with E-state index in [0.717, 1.165) is 37.4 Å². The summed E-state index contributed by atoms with van der Waals surface area (Å²) >= 11 is 5.86. The van der Waals surface area contributed by atoms with Crippen LogP contribution in [0.2, 0.25) is 0 Å². The molecule has 0 atom stereocenters. The molecule has 19 heavy (non-hydrogen) atoms. The van der Waals surface area contributed by atoms with Crippen molar-refractivity contribution in [1.82, 2.24) is 4.98 Å². The van der Waals surface area contributed by atoms with E-state index in [-0.39, 0.29) is 0 Å². The topological polar surface area (TPSA) is 25.4 Å². The fourth-order valence-corrected chi connectivity index (χ4v) is 2.53. The second kappa shape index (κ2) is 8.39. The molecule has 1 aromatic heterocycles. The highest BCUT2D eigenvalue weighted by atomic mass is 35.5. The van der Waals surface area contributed by atoms with Gasteiger partial charge in [0.15, 0.2) is 0 Å². The van der Waals surface area contributed by atoms with E-state index in [4.69, 9.17) is 16.3 Å². The number of halogens is 1. The molecule has 0 radical (unpaired) electrons. The average Bonchev–Trinajstić information content (AvgIpc) is 2.44. The quantitative estimate of drug-likeness (QED) is 0.680. The van der Waals surface area contributed by atoms with Gasteiger partial charge in [-0.05, 0) is 37.0 Å². The summed E-state index contributed by atoms with van der Waals surface area (Å²) in [5.74, 6) is 1.57. The smallest absolute Gasteiger partial charge is 0.131 e. The lowest BCUT2D eigenvalue weighted by Gasteiger charge is -2.32. The van der Waals surface area contributed by atoms with Gasteiger partial charge in [0.05, 0.1) is 6.61 Å². The molecule has 3 nitrogen and oxygen atoms in total. The molecule has 0 fully saturated rings. The summed E-state index contributed by atoms with van der Waals surface area (Å²) in [4.78, 5) is 6.96. The van der Waals surface area contributed by atoms with Gasteiger partial charge in [-0.3, -0.25) is 0 Å². The molecule has 1 aromatic rings. The highest BCUT2D eigenvalue weighted by Crippen LogP contribution is 2.23. The van der Waals surface area contributed by atoms with Crippen LogP contribution >= 0.6 is 11.6 Å². The van der Waals surface area contributed by atoms with Gasteiger partial charge in [-0.25, -0.2) is 4.98 Å². The molecule has 108 valence electrons. The third-order valence-electron chi connectivity index (χ3n) is 3.45. The Morgan fingerprint density at radius 3 is 2.53 bits per heavy atom. The average molecular weight is 285 g/mol. The molecular formula is C15H25ClN2O. The molecule has 0 amide bonds. The van der Waals surface area contributed by atoms with Crippen molar-refractivity contribution in [2.24, 2.45) is 0 Å². The highest BCUT2D eigenvalue weighted by Gasteiger charge is 2.18. The zero-order valence-corrected chi connectivity index (χ0v) is 13.2. The molecule has 0 bridgehead atoms. The predicted molar refractivity (Wildman–Crippen MR) is 82.1 cm³/mol. The number of hydrogen-bond acceptors (Lipinski definition) is 3. The second-order valence-corrected chi connectivity index (χ2v) is 5.04. The number of hydrogen-bond donors (Lipinski definition) is 0. The van der Waals surface area contributed by atoms with Crippen molar-refractivity contribution in [3.05, 3.63) is 23.4 Å². The van der Waals surface area contributed by atoms with Gasteiger partial charge in [-0.15, -0.1) is 11.6 Å². The monoisotopic (exact) mass is 284 g/mol. The van der Waals surface area contributed by atoms with Crippen LogP contribution in [0.1, 0.15) is 37.8 Å². The van der Waals surface area contributed by atoms with E-state index in [2.05, 4.69) is 36.7 Å². The van der Waals surface area contributed by atoms with Gasteiger partial charge < -0.3 is 9.64 Å². The molecule has 0 unspecified atom stereocenters. The van der Waals surface area contributed by atoms with Crippen LogP contribution in [0.3, 0.4) is 0 Å². The molecule has 0 aliphatic carbocycles. The van der Waals surface area contributed by atoms with Crippen molar-refractivity contribution in [2.75, 3.05) is 25.2 Å². The molecule has 0 saturated heterocycles. The number of methoxy groups -OCH3 is 1. The molecular weight excluding hydrogens is 260 g/mol. The molecule has 0 aliphatic heterocycles. The van der Waals surface area contributed by atoms with Gasteiger partial charge in [-0.2, -0.15) is 0 Å². The number of alkyl halides is 1. The van der Waals surface area contributed by atoms with Gasteiger partial charge in [-0.1, -0.05) is 13.8 Å². The highest BCUT2D eigenvalue weighted by molar-refractivity contribution is 6.17. The minimum atomic E-state index is 0.503. The van der Waals surface area contributed by atoms with Crippen LogP contribution in [0.5, 0.6) is 0 Å². The maximum absolute atomic E-state index is 5.86. The Morgan fingerprint density at radius 1 is 1.37 bits per heavy atom. The first-order chi connectivity index (χ1) is 9.17. The maximum atomic E-state index is 5.86. The number of anilines is 1. The Bertz CT molecular complexity index is 380. The Labute approximate surface area is 121 Å². The molecule has 0 N–H and O–H groups in total. The van der Waals surface area contributed by atoms with Crippen molar-refractivity contribution >= 4 is 17.4 Å². The lowest BCUT2D eigenvalue weighted by molar-refractivity contribution is 0.202. The summed E-state index contributed by atoms with van der Waals surface area (Å²) in [6.45, 7) is 8.12. The van der Waals surface area contributed by atoms with Gasteiger partial charge in [0.2, 0.25) is 0 Å². The van der Waals surface area contributed by atoms with Crippen molar-refractivity contribution in [3.63, 3.8) is 0 Å². The predicted octanol–water partition coefficient (Wildman–Crippen LogP) is 3.77. The number of ether oxygens (including phenoxy) is 1. The van der Waals surface area contributed by atoms with Gasteiger partial charge in [0.1, 0.15) is 5.82 Å². The summed E-state index contributed by atoms with van der Waals surface area (Å²) in [5, 5.41) is 0. The Hall–Kier alpha value is -0.800. The lowest BCUT2D eigenvalue weighted by atomic mass is 10.1. The van der Waals surface area contributed by atoms with Crippen LogP contribution in [-0.2, 0) is 10.6 Å². The molecule has 4 heteroatoms. The van der Waals surface area contributed by atoms with Gasteiger partial charge in [0, 0.05) is 31.8 Å². The van der Waals surface area contributed by atoms with Crippen molar-refractivity contribution in [3.8, 4) is 0 Å². The van der Waals surface area contributed by atoms with Gasteiger partial charge >= 0.3 is 0 Å². The number of rotatable bonds is 8. The zero-order chi connectivity index (χ0) is 14.3. The van der Waals surface area contributed by atoms with E-state index in [9.17, 15) is 0 Å². The van der Waals surface area contributed by atoms with Gasteiger partial charge in [0.25, 0.3) is 0 Å². The summed E-state index contributed by atoms with van der Waals surface area (Å²) in [7, 11) is 1.74. The summed E-state index contributed by atoms with van der Waals surface area (Å²) in [5.41, 5.74) is 2.25. The minimum absolute atomic E-state index is 0.503.